The van der Waals surface area contributed by atoms with Crippen molar-refractivity contribution in [1.82, 2.24) is 10.6 Å². The Labute approximate surface area is 119 Å². The number of carbonyl (C=O) groups excluding carboxylic acids is 2. The minimum atomic E-state index is -0.937. The zero-order valence-corrected chi connectivity index (χ0v) is 12.1. The van der Waals surface area contributed by atoms with Crippen LogP contribution in [0.5, 0.6) is 0 Å². The van der Waals surface area contributed by atoms with Gasteiger partial charge in [0, 0.05) is 24.9 Å². The van der Waals surface area contributed by atoms with E-state index in [0.717, 1.165) is 25.7 Å². The van der Waals surface area contributed by atoms with Crippen LogP contribution in [-0.2, 0) is 14.4 Å². The molecule has 1 fully saturated rings. The minimum Gasteiger partial charge on any atom is -0.481 e. The van der Waals surface area contributed by atoms with Crippen LogP contribution in [0.25, 0.3) is 0 Å². The Morgan fingerprint density at radius 1 is 1.20 bits per heavy atom. The van der Waals surface area contributed by atoms with Crippen molar-refractivity contribution in [2.45, 2.75) is 52.0 Å². The smallest absolute Gasteiger partial charge is 0.308 e. The minimum absolute atomic E-state index is 0.0294. The Balaban J connectivity index is 2.23. The second-order valence-corrected chi connectivity index (χ2v) is 5.64. The highest BCUT2D eigenvalue weighted by atomic mass is 16.4. The first-order chi connectivity index (χ1) is 9.40. The topological polar surface area (TPSA) is 95.5 Å². The Morgan fingerprint density at radius 2 is 1.80 bits per heavy atom. The quantitative estimate of drug-likeness (QED) is 0.647. The first-order valence-corrected chi connectivity index (χ1v) is 7.20. The van der Waals surface area contributed by atoms with E-state index in [4.69, 9.17) is 5.11 Å². The van der Waals surface area contributed by atoms with Gasteiger partial charge in [0.05, 0.1) is 5.92 Å². The predicted molar refractivity (Wildman–Crippen MR) is 74.0 cm³/mol. The Bertz CT molecular complexity index is 364. The Kier molecular flexibility index (Phi) is 6.48. The van der Waals surface area contributed by atoms with E-state index >= 15 is 0 Å². The molecule has 0 saturated heterocycles. The third kappa shape index (κ3) is 5.59. The average molecular weight is 284 g/mol. The summed E-state index contributed by atoms with van der Waals surface area (Å²) in [6.45, 7) is 3.43. The van der Waals surface area contributed by atoms with E-state index in [-0.39, 0.29) is 36.7 Å². The maximum atomic E-state index is 11.9. The SMILES string of the molecule is CC(CC(=O)NCC(C)C(=O)O)NC(=O)C1CCCC1. The highest BCUT2D eigenvalue weighted by Crippen LogP contribution is 2.24. The van der Waals surface area contributed by atoms with E-state index in [1.54, 1.807) is 6.92 Å². The lowest BCUT2D eigenvalue weighted by atomic mass is 10.1. The summed E-state index contributed by atoms with van der Waals surface area (Å²) in [7, 11) is 0. The van der Waals surface area contributed by atoms with Gasteiger partial charge >= 0.3 is 5.97 Å². The Morgan fingerprint density at radius 3 is 2.35 bits per heavy atom. The van der Waals surface area contributed by atoms with Crippen molar-refractivity contribution >= 4 is 17.8 Å². The first kappa shape index (κ1) is 16.5. The molecule has 0 aromatic heterocycles. The molecule has 1 rings (SSSR count). The third-order valence-corrected chi connectivity index (χ3v) is 3.63. The van der Waals surface area contributed by atoms with Gasteiger partial charge < -0.3 is 15.7 Å². The molecule has 3 N–H and O–H groups in total. The molecule has 0 bridgehead atoms. The summed E-state index contributed by atoms with van der Waals surface area (Å²) in [5.74, 6) is -1.67. The number of carboxylic acids is 1. The summed E-state index contributed by atoms with van der Waals surface area (Å²) in [5.41, 5.74) is 0. The molecule has 0 heterocycles. The van der Waals surface area contributed by atoms with Crippen LogP contribution < -0.4 is 10.6 Å². The summed E-state index contributed by atoms with van der Waals surface area (Å²) in [6, 6.07) is -0.233. The van der Waals surface area contributed by atoms with Crippen LogP contribution >= 0.6 is 0 Å². The number of carbonyl (C=O) groups is 3. The van der Waals surface area contributed by atoms with Gasteiger partial charge in [-0.05, 0) is 19.8 Å². The third-order valence-electron chi connectivity index (χ3n) is 3.63. The normalized spacial score (nSPS) is 18.3. The van der Waals surface area contributed by atoms with Gasteiger partial charge in [-0.1, -0.05) is 19.8 Å². The number of carboxylic acid groups (broad SMARTS) is 1. The number of hydrogen-bond acceptors (Lipinski definition) is 3. The van der Waals surface area contributed by atoms with Gasteiger partial charge in [-0.2, -0.15) is 0 Å². The summed E-state index contributed by atoms with van der Waals surface area (Å²) in [4.78, 5) is 34.1. The van der Waals surface area contributed by atoms with Crippen molar-refractivity contribution in [3.63, 3.8) is 0 Å². The van der Waals surface area contributed by atoms with Crippen molar-refractivity contribution in [3.8, 4) is 0 Å². The van der Waals surface area contributed by atoms with Crippen LogP contribution in [-0.4, -0.2) is 35.5 Å². The number of hydrogen-bond donors (Lipinski definition) is 3. The molecule has 2 unspecified atom stereocenters. The largest absolute Gasteiger partial charge is 0.481 e. The highest BCUT2D eigenvalue weighted by molar-refractivity contribution is 5.81. The van der Waals surface area contributed by atoms with E-state index < -0.39 is 11.9 Å². The maximum Gasteiger partial charge on any atom is 0.308 e. The van der Waals surface area contributed by atoms with Crippen molar-refractivity contribution < 1.29 is 19.5 Å². The molecule has 2 amide bonds. The molecule has 0 aromatic carbocycles. The van der Waals surface area contributed by atoms with E-state index in [9.17, 15) is 14.4 Å². The fourth-order valence-electron chi connectivity index (χ4n) is 2.30. The molecule has 2 atom stereocenters. The fraction of sp³-hybridized carbons (Fsp3) is 0.786. The van der Waals surface area contributed by atoms with Crippen molar-refractivity contribution in [1.29, 1.82) is 0 Å². The lowest BCUT2D eigenvalue weighted by Crippen LogP contribution is -2.40. The zero-order chi connectivity index (χ0) is 15.1. The fourth-order valence-corrected chi connectivity index (χ4v) is 2.30. The Hall–Kier alpha value is -1.59. The van der Waals surface area contributed by atoms with Crippen molar-refractivity contribution in [3.05, 3.63) is 0 Å². The summed E-state index contributed by atoms with van der Waals surface area (Å²) in [5, 5.41) is 14.1. The van der Waals surface area contributed by atoms with Crippen molar-refractivity contribution in [2.24, 2.45) is 11.8 Å². The average Bonchev–Trinajstić information content (AvgIpc) is 2.89. The summed E-state index contributed by atoms with van der Waals surface area (Å²) < 4.78 is 0. The molecule has 1 aliphatic rings. The van der Waals surface area contributed by atoms with Gasteiger partial charge in [0.15, 0.2) is 0 Å². The molecule has 0 aliphatic heterocycles. The van der Waals surface area contributed by atoms with E-state index in [2.05, 4.69) is 10.6 Å². The molecule has 1 aliphatic carbocycles. The molecule has 1 saturated carbocycles. The maximum absolute atomic E-state index is 11.9. The molecular weight excluding hydrogens is 260 g/mol. The molecule has 6 nitrogen and oxygen atoms in total. The highest BCUT2D eigenvalue weighted by Gasteiger charge is 2.24. The van der Waals surface area contributed by atoms with Gasteiger partial charge in [0.2, 0.25) is 11.8 Å². The van der Waals surface area contributed by atoms with E-state index in [0.29, 0.717) is 0 Å². The van der Waals surface area contributed by atoms with Crippen molar-refractivity contribution in [2.75, 3.05) is 6.54 Å². The monoisotopic (exact) mass is 284 g/mol. The van der Waals surface area contributed by atoms with Gasteiger partial charge in [0.25, 0.3) is 0 Å². The van der Waals surface area contributed by atoms with Crippen LogP contribution in [0.3, 0.4) is 0 Å². The predicted octanol–water partition coefficient (Wildman–Crippen LogP) is 0.908. The number of rotatable bonds is 7. The second-order valence-electron chi connectivity index (χ2n) is 5.64. The zero-order valence-electron chi connectivity index (χ0n) is 12.1. The van der Waals surface area contributed by atoms with Gasteiger partial charge in [-0.15, -0.1) is 0 Å². The van der Waals surface area contributed by atoms with E-state index in [1.807, 2.05) is 0 Å². The molecule has 0 radical (unpaired) electrons. The van der Waals surface area contributed by atoms with Crippen LogP contribution in [0.15, 0.2) is 0 Å². The number of aliphatic carboxylic acids is 1. The summed E-state index contributed by atoms with van der Waals surface area (Å²) in [6.07, 6.45) is 4.23. The summed E-state index contributed by atoms with van der Waals surface area (Å²) >= 11 is 0. The van der Waals surface area contributed by atoms with Gasteiger partial charge in [0.1, 0.15) is 0 Å². The molecule has 6 heteroatoms. The van der Waals surface area contributed by atoms with Crippen LogP contribution in [0.1, 0.15) is 46.0 Å². The number of nitrogens with one attached hydrogen (secondary N) is 2. The van der Waals surface area contributed by atoms with Crippen LogP contribution in [0, 0.1) is 11.8 Å². The molecular formula is C14H24N2O4. The van der Waals surface area contributed by atoms with E-state index in [1.165, 1.54) is 6.92 Å². The lowest BCUT2D eigenvalue weighted by Gasteiger charge is -2.17. The standard InChI is InChI=1S/C14H24N2O4/c1-9(14(19)20)8-15-12(17)7-10(2)16-13(18)11-5-3-4-6-11/h9-11H,3-8H2,1-2H3,(H,15,17)(H,16,18)(H,19,20). The number of amides is 2. The first-order valence-electron chi connectivity index (χ1n) is 7.20. The van der Waals surface area contributed by atoms with Crippen LogP contribution in [0.2, 0.25) is 0 Å². The molecule has 0 aromatic rings. The van der Waals surface area contributed by atoms with Crippen LogP contribution in [0.4, 0.5) is 0 Å². The van der Waals surface area contributed by atoms with Gasteiger partial charge in [-0.25, -0.2) is 0 Å². The molecule has 20 heavy (non-hydrogen) atoms. The molecule has 0 spiro atoms. The van der Waals surface area contributed by atoms with Gasteiger partial charge in [-0.3, -0.25) is 14.4 Å². The lowest BCUT2D eigenvalue weighted by molar-refractivity contribution is -0.141. The second kappa shape index (κ2) is 7.87. The molecule has 114 valence electrons.